The molecule has 0 aliphatic carbocycles. The summed E-state index contributed by atoms with van der Waals surface area (Å²) >= 11 is 0. The predicted octanol–water partition coefficient (Wildman–Crippen LogP) is 2.36. The number of nitrogens with zero attached hydrogens (tertiary/aromatic N) is 7. The molecule has 10 nitrogen and oxygen atoms in total. The summed E-state index contributed by atoms with van der Waals surface area (Å²) in [5, 5.41) is 8.66. The van der Waals surface area contributed by atoms with Crippen molar-refractivity contribution >= 4 is 39.3 Å². The number of rotatable bonds is 4. The number of hydrogen-bond donors (Lipinski definition) is 1. The Morgan fingerprint density at radius 3 is 2.66 bits per heavy atom. The first-order valence-corrected chi connectivity index (χ1v) is 11.1. The molecule has 5 heterocycles. The van der Waals surface area contributed by atoms with E-state index >= 15 is 0 Å². The van der Waals surface area contributed by atoms with E-state index < -0.39 is 17.5 Å². The van der Waals surface area contributed by atoms with Crippen LogP contribution in [0, 0.1) is 5.82 Å². The Labute approximate surface area is 198 Å². The number of H-pyrrole nitrogens is 1. The number of amides is 1. The number of aromatic amines is 1. The third kappa shape index (κ3) is 3.57. The van der Waals surface area contributed by atoms with Crippen molar-refractivity contribution in [3.05, 3.63) is 72.6 Å². The molecule has 1 aliphatic rings. The summed E-state index contributed by atoms with van der Waals surface area (Å²) in [5.41, 5.74) is 1.13. The van der Waals surface area contributed by atoms with Gasteiger partial charge in [0.1, 0.15) is 5.82 Å². The van der Waals surface area contributed by atoms with Gasteiger partial charge in [0.25, 0.3) is 11.7 Å². The molecule has 6 rings (SSSR count). The Morgan fingerprint density at radius 2 is 1.86 bits per heavy atom. The lowest BCUT2D eigenvalue weighted by Gasteiger charge is -2.35. The highest BCUT2D eigenvalue weighted by molar-refractivity contribution is 6.45. The maximum atomic E-state index is 14.7. The van der Waals surface area contributed by atoms with E-state index in [2.05, 4.69) is 25.2 Å². The fourth-order valence-corrected chi connectivity index (χ4v) is 4.40. The third-order valence-electron chi connectivity index (χ3n) is 6.20. The fraction of sp³-hybridized carbons (Fsp3) is 0.167. The molecule has 1 N–H and O–H groups in total. The van der Waals surface area contributed by atoms with Gasteiger partial charge in [-0.2, -0.15) is 0 Å². The van der Waals surface area contributed by atoms with Crippen LogP contribution in [0.2, 0.25) is 0 Å². The molecule has 5 aromatic rings. The third-order valence-corrected chi connectivity index (χ3v) is 6.20. The number of ketones is 1. The first-order chi connectivity index (χ1) is 17.1. The van der Waals surface area contributed by atoms with Crippen LogP contribution in [-0.2, 0) is 4.79 Å². The average molecular weight is 470 g/mol. The van der Waals surface area contributed by atoms with E-state index in [0.29, 0.717) is 26.2 Å². The number of anilines is 1. The number of aromatic nitrogens is 6. The Balaban J connectivity index is 1.21. The molecule has 1 saturated heterocycles. The molecule has 1 fully saturated rings. The average Bonchev–Trinajstić information content (AvgIpc) is 3.59. The number of piperazine rings is 1. The minimum absolute atomic E-state index is 0.00264. The fourth-order valence-electron chi connectivity index (χ4n) is 4.40. The lowest BCUT2D eigenvalue weighted by atomic mass is 10.1. The second kappa shape index (κ2) is 8.28. The summed E-state index contributed by atoms with van der Waals surface area (Å²) in [4.78, 5) is 41.4. The molecule has 11 heteroatoms. The molecule has 0 bridgehead atoms. The van der Waals surface area contributed by atoms with Crippen molar-refractivity contribution in [1.29, 1.82) is 0 Å². The van der Waals surface area contributed by atoms with Crippen LogP contribution in [-0.4, -0.2) is 72.7 Å². The molecule has 0 radical (unpaired) electrons. The summed E-state index contributed by atoms with van der Waals surface area (Å²) in [6, 6.07) is 11.9. The number of para-hydroxylation sites is 1. The first kappa shape index (κ1) is 20.9. The molecule has 1 amide bonds. The van der Waals surface area contributed by atoms with Gasteiger partial charge in [-0.25, -0.2) is 19.0 Å². The van der Waals surface area contributed by atoms with Crippen molar-refractivity contribution in [2.24, 2.45) is 0 Å². The van der Waals surface area contributed by atoms with Gasteiger partial charge in [-0.3, -0.25) is 9.59 Å². The highest BCUT2D eigenvalue weighted by Crippen LogP contribution is 2.26. The molecule has 1 aliphatic heterocycles. The van der Waals surface area contributed by atoms with E-state index in [1.54, 1.807) is 6.20 Å². The number of hydrogen-bond acceptors (Lipinski definition) is 7. The predicted molar refractivity (Wildman–Crippen MR) is 126 cm³/mol. The van der Waals surface area contributed by atoms with E-state index in [1.165, 1.54) is 22.0 Å². The van der Waals surface area contributed by atoms with Gasteiger partial charge in [0, 0.05) is 37.8 Å². The summed E-state index contributed by atoms with van der Waals surface area (Å²) in [6.45, 7) is 1.78. The smallest absolute Gasteiger partial charge is 0.295 e. The first-order valence-electron chi connectivity index (χ1n) is 11.1. The standard InChI is InChI=1S/C24H19FN8O2/c25-17-14-27-23(33-8-7-28-30-33)21-20(17)16(13-26-21)22(34)24(35)32-11-9-31(10-12-32)19-6-5-15-3-1-2-4-18(15)29-19/h1-8,13-14,26H,9-12H2. The number of halogens is 1. The van der Waals surface area contributed by atoms with Crippen molar-refractivity contribution in [3.8, 4) is 5.82 Å². The lowest BCUT2D eigenvalue weighted by Crippen LogP contribution is -2.50. The van der Waals surface area contributed by atoms with Crippen LogP contribution in [0.5, 0.6) is 0 Å². The number of benzene rings is 1. The van der Waals surface area contributed by atoms with Gasteiger partial charge in [-0.05, 0) is 18.2 Å². The van der Waals surface area contributed by atoms with E-state index in [9.17, 15) is 14.0 Å². The highest BCUT2D eigenvalue weighted by atomic mass is 19.1. The second-order valence-corrected chi connectivity index (χ2v) is 8.20. The minimum Gasteiger partial charge on any atom is -0.357 e. The summed E-state index contributed by atoms with van der Waals surface area (Å²) in [7, 11) is 0. The van der Waals surface area contributed by atoms with E-state index in [-0.39, 0.29) is 22.3 Å². The quantitative estimate of drug-likeness (QED) is 0.317. The Hall–Kier alpha value is -4.67. The molecule has 174 valence electrons. The SMILES string of the molecule is O=C(C(=O)N1CCN(c2ccc3ccccc3n2)CC1)c1c[nH]c2c(-n3ccnn3)ncc(F)c12. The molecular weight excluding hydrogens is 451 g/mol. The Morgan fingerprint density at radius 1 is 1.03 bits per heavy atom. The maximum Gasteiger partial charge on any atom is 0.295 e. The van der Waals surface area contributed by atoms with Gasteiger partial charge in [0.15, 0.2) is 11.6 Å². The Kier molecular flexibility index (Phi) is 4.94. The van der Waals surface area contributed by atoms with Gasteiger partial charge in [-0.1, -0.05) is 23.4 Å². The lowest BCUT2D eigenvalue weighted by molar-refractivity contribution is -0.126. The molecular formula is C24H19FN8O2. The summed E-state index contributed by atoms with van der Waals surface area (Å²) in [6.07, 6.45) is 5.36. The van der Waals surface area contributed by atoms with Crippen molar-refractivity contribution in [2.45, 2.75) is 0 Å². The van der Waals surface area contributed by atoms with Gasteiger partial charge < -0.3 is 14.8 Å². The molecule has 35 heavy (non-hydrogen) atoms. The van der Waals surface area contributed by atoms with Crippen LogP contribution in [0.3, 0.4) is 0 Å². The number of fused-ring (bicyclic) bond motifs is 2. The van der Waals surface area contributed by atoms with E-state index in [1.807, 2.05) is 36.4 Å². The van der Waals surface area contributed by atoms with Crippen LogP contribution >= 0.6 is 0 Å². The summed E-state index contributed by atoms with van der Waals surface area (Å²) < 4.78 is 16.1. The highest BCUT2D eigenvalue weighted by Gasteiger charge is 2.30. The van der Waals surface area contributed by atoms with E-state index in [0.717, 1.165) is 22.9 Å². The zero-order valence-corrected chi connectivity index (χ0v) is 18.4. The zero-order chi connectivity index (χ0) is 23.9. The van der Waals surface area contributed by atoms with Crippen LogP contribution in [0.1, 0.15) is 10.4 Å². The van der Waals surface area contributed by atoms with Crippen LogP contribution in [0.25, 0.3) is 27.6 Å². The van der Waals surface area contributed by atoms with Crippen LogP contribution in [0.4, 0.5) is 10.2 Å². The van der Waals surface area contributed by atoms with Gasteiger partial charge in [-0.15, -0.1) is 5.10 Å². The van der Waals surface area contributed by atoms with Crippen LogP contribution < -0.4 is 4.90 Å². The zero-order valence-electron chi connectivity index (χ0n) is 18.4. The maximum absolute atomic E-state index is 14.7. The number of Topliss-reactive ketones (excluding diaryl/α,β-unsaturated/α-hetero) is 1. The van der Waals surface area contributed by atoms with E-state index in [4.69, 9.17) is 4.98 Å². The minimum atomic E-state index is -0.775. The monoisotopic (exact) mass is 470 g/mol. The number of nitrogens with one attached hydrogen (secondary N) is 1. The van der Waals surface area contributed by atoms with Gasteiger partial charge >= 0.3 is 0 Å². The van der Waals surface area contributed by atoms with Crippen LogP contribution in [0.15, 0.2) is 61.2 Å². The normalized spacial score (nSPS) is 14.1. The number of carbonyl (C=O) groups excluding carboxylic acids is 2. The summed E-state index contributed by atoms with van der Waals surface area (Å²) in [5.74, 6) is -1.04. The molecule has 0 spiro atoms. The number of carbonyl (C=O) groups is 2. The number of pyridine rings is 2. The van der Waals surface area contributed by atoms with Gasteiger partial charge in [0.05, 0.1) is 40.6 Å². The molecule has 4 aromatic heterocycles. The largest absolute Gasteiger partial charge is 0.357 e. The van der Waals surface area contributed by atoms with Crippen molar-refractivity contribution in [2.75, 3.05) is 31.1 Å². The van der Waals surface area contributed by atoms with Crippen molar-refractivity contribution < 1.29 is 14.0 Å². The molecule has 0 saturated carbocycles. The van der Waals surface area contributed by atoms with Crippen molar-refractivity contribution in [3.63, 3.8) is 0 Å². The Bertz CT molecular complexity index is 1570. The molecule has 0 atom stereocenters. The van der Waals surface area contributed by atoms with Gasteiger partial charge in [0.2, 0.25) is 0 Å². The second-order valence-electron chi connectivity index (χ2n) is 8.20. The topological polar surface area (TPSA) is 113 Å². The molecule has 0 unspecified atom stereocenters. The van der Waals surface area contributed by atoms with Crippen molar-refractivity contribution in [1.82, 2.24) is 34.8 Å². The molecule has 1 aromatic carbocycles.